The van der Waals surface area contributed by atoms with Crippen LogP contribution in [0.15, 0.2) is 66.7 Å². The molecule has 3 aromatic carbocycles. The van der Waals surface area contributed by atoms with Crippen molar-refractivity contribution in [2.24, 2.45) is 0 Å². The number of esters is 1. The third-order valence-electron chi connectivity index (χ3n) is 7.26. The maximum atomic E-state index is 12.6. The Hall–Kier alpha value is -3.14. The summed E-state index contributed by atoms with van der Waals surface area (Å²) in [5.74, 6) is 1.25. The molecule has 0 amide bonds. The summed E-state index contributed by atoms with van der Waals surface area (Å²) < 4.78 is 16.8. The lowest BCUT2D eigenvalue weighted by molar-refractivity contribution is -0.316. The van der Waals surface area contributed by atoms with Gasteiger partial charge in [0, 0.05) is 30.0 Å². The van der Waals surface area contributed by atoms with Crippen LogP contribution in [-0.2, 0) is 41.8 Å². The van der Waals surface area contributed by atoms with E-state index in [1.165, 1.54) is 16.2 Å². The summed E-state index contributed by atoms with van der Waals surface area (Å²) in [6, 6.07) is 22.8. The van der Waals surface area contributed by atoms with Crippen LogP contribution in [0.2, 0.25) is 0 Å². The highest BCUT2D eigenvalue weighted by atomic mass is 32.2. The third-order valence-corrected chi connectivity index (χ3v) is 10.8. The molecule has 3 aliphatic heterocycles. The van der Waals surface area contributed by atoms with Gasteiger partial charge in [0.15, 0.2) is 11.5 Å². The van der Waals surface area contributed by atoms with Gasteiger partial charge in [0.05, 0.1) is 14.2 Å². The van der Waals surface area contributed by atoms with E-state index >= 15 is 0 Å². The molecule has 0 radical (unpaired) electrons. The zero-order chi connectivity index (χ0) is 26.3. The lowest BCUT2D eigenvalue weighted by atomic mass is 9.85. The average molecular weight is 550 g/mol. The predicted octanol–water partition coefficient (Wildman–Crippen LogP) is 4.65. The van der Waals surface area contributed by atoms with Gasteiger partial charge >= 0.3 is 11.9 Å². The fourth-order valence-electron chi connectivity index (χ4n) is 5.49. The zero-order valence-electron chi connectivity index (χ0n) is 21.1. The van der Waals surface area contributed by atoms with E-state index in [0.717, 1.165) is 22.6 Å². The summed E-state index contributed by atoms with van der Waals surface area (Å²) in [5.41, 5.74) is 3.80. The number of thioether (sulfide) groups is 2. The first-order chi connectivity index (χ1) is 18.5. The van der Waals surface area contributed by atoms with Crippen molar-refractivity contribution in [3.63, 3.8) is 0 Å². The number of hydrogen-bond acceptors (Lipinski definition) is 9. The van der Waals surface area contributed by atoms with Crippen molar-refractivity contribution in [2.45, 2.75) is 22.6 Å². The van der Waals surface area contributed by atoms with Crippen LogP contribution in [-0.4, -0.2) is 49.3 Å². The fraction of sp³-hybridized carbons (Fsp3) is 0.310. The van der Waals surface area contributed by atoms with Crippen molar-refractivity contribution in [3.05, 3.63) is 94.5 Å². The van der Waals surface area contributed by atoms with Crippen LogP contribution in [0.4, 0.5) is 0 Å². The van der Waals surface area contributed by atoms with Gasteiger partial charge in [-0.2, -0.15) is 0 Å². The molecule has 3 aromatic rings. The first-order valence-electron chi connectivity index (χ1n) is 12.4. The van der Waals surface area contributed by atoms with Crippen molar-refractivity contribution >= 4 is 35.5 Å². The molecule has 9 heteroatoms. The van der Waals surface area contributed by atoms with E-state index in [0.29, 0.717) is 36.4 Å². The van der Waals surface area contributed by atoms with Crippen LogP contribution in [0.1, 0.15) is 27.8 Å². The third kappa shape index (κ3) is 4.04. The summed E-state index contributed by atoms with van der Waals surface area (Å²) in [5, 5.41) is 1.49. The van der Waals surface area contributed by atoms with E-state index in [1.807, 2.05) is 41.7 Å². The SMILES string of the molecule is COc1cc2c(cc1OC)C1(Cc3ccc(C4(c5ccccc5)SCCS4)cc3)OC(=O)C(=O)ON1CC2. The van der Waals surface area contributed by atoms with Gasteiger partial charge in [-0.1, -0.05) is 59.7 Å². The van der Waals surface area contributed by atoms with E-state index in [2.05, 4.69) is 48.5 Å². The summed E-state index contributed by atoms with van der Waals surface area (Å²) in [6.45, 7) is 0.379. The fourth-order valence-corrected chi connectivity index (χ4v) is 8.78. The number of hydrogen-bond donors (Lipinski definition) is 0. The molecule has 3 heterocycles. The first-order valence-corrected chi connectivity index (χ1v) is 14.4. The summed E-state index contributed by atoms with van der Waals surface area (Å²) >= 11 is 3.91. The highest BCUT2D eigenvalue weighted by molar-refractivity contribution is 8.20. The smallest absolute Gasteiger partial charge is 0.436 e. The van der Waals surface area contributed by atoms with Gasteiger partial charge in [-0.05, 0) is 40.8 Å². The maximum absolute atomic E-state index is 12.6. The molecule has 2 fully saturated rings. The van der Waals surface area contributed by atoms with Crippen LogP contribution >= 0.6 is 23.5 Å². The normalized spacial score (nSPS) is 22.2. The molecule has 1 atom stereocenters. The Kier molecular flexibility index (Phi) is 6.53. The largest absolute Gasteiger partial charge is 0.493 e. The first kappa shape index (κ1) is 25.2. The molecule has 0 aliphatic carbocycles. The number of benzene rings is 3. The van der Waals surface area contributed by atoms with E-state index in [1.54, 1.807) is 14.2 Å². The molecular formula is C29H27NO6S2. The average Bonchev–Trinajstić information content (AvgIpc) is 3.45. The molecule has 6 rings (SSSR count). The Morgan fingerprint density at radius 3 is 2.21 bits per heavy atom. The molecule has 3 aliphatic rings. The molecule has 0 saturated carbocycles. The number of fused-ring (bicyclic) bond motifs is 3. The number of nitrogens with zero attached hydrogens (tertiary/aromatic N) is 1. The molecule has 0 aromatic heterocycles. The van der Waals surface area contributed by atoms with Gasteiger partial charge in [0.25, 0.3) is 0 Å². The van der Waals surface area contributed by atoms with E-state index in [4.69, 9.17) is 19.0 Å². The van der Waals surface area contributed by atoms with Gasteiger partial charge in [-0.15, -0.1) is 23.5 Å². The molecule has 1 unspecified atom stereocenters. The van der Waals surface area contributed by atoms with E-state index < -0.39 is 17.7 Å². The van der Waals surface area contributed by atoms with Gasteiger partial charge in [-0.3, -0.25) is 0 Å². The van der Waals surface area contributed by atoms with Crippen molar-refractivity contribution < 1.29 is 28.6 Å². The minimum Gasteiger partial charge on any atom is -0.493 e. The quantitative estimate of drug-likeness (QED) is 0.323. The van der Waals surface area contributed by atoms with Gasteiger partial charge in [-0.25, -0.2) is 9.59 Å². The van der Waals surface area contributed by atoms with Gasteiger partial charge in [0.1, 0.15) is 4.08 Å². The van der Waals surface area contributed by atoms with Crippen LogP contribution < -0.4 is 9.47 Å². The Morgan fingerprint density at radius 1 is 0.868 bits per heavy atom. The summed E-state index contributed by atoms with van der Waals surface area (Å²) in [7, 11) is 3.15. The Bertz CT molecular complexity index is 1370. The van der Waals surface area contributed by atoms with Crippen LogP contribution in [0.25, 0.3) is 0 Å². The van der Waals surface area contributed by atoms with Gasteiger partial charge < -0.3 is 19.0 Å². The van der Waals surface area contributed by atoms with E-state index in [-0.39, 0.29) is 4.08 Å². The number of carbonyl (C=O) groups excluding carboxylic acids is 2. The Labute approximate surface area is 229 Å². The molecule has 38 heavy (non-hydrogen) atoms. The van der Waals surface area contributed by atoms with Crippen LogP contribution in [0, 0.1) is 0 Å². The zero-order valence-corrected chi connectivity index (χ0v) is 22.7. The molecule has 7 nitrogen and oxygen atoms in total. The molecular weight excluding hydrogens is 522 g/mol. The lowest BCUT2D eigenvalue weighted by Crippen LogP contribution is -2.60. The molecule has 0 bridgehead atoms. The van der Waals surface area contributed by atoms with Crippen molar-refractivity contribution in [2.75, 3.05) is 32.3 Å². The second-order valence-corrected chi connectivity index (χ2v) is 12.2. The van der Waals surface area contributed by atoms with E-state index in [9.17, 15) is 9.59 Å². The van der Waals surface area contributed by atoms with Crippen molar-refractivity contribution in [3.8, 4) is 11.5 Å². The maximum Gasteiger partial charge on any atom is 0.436 e. The van der Waals surface area contributed by atoms with Crippen LogP contribution in [0.3, 0.4) is 0 Å². The number of hydroxylamine groups is 2. The second-order valence-electron chi connectivity index (χ2n) is 9.32. The van der Waals surface area contributed by atoms with Crippen molar-refractivity contribution in [1.82, 2.24) is 5.06 Å². The van der Waals surface area contributed by atoms with Crippen molar-refractivity contribution in [1.29, 1.82) is 0 Å². The minimum absolute atomic E-state index is 0.154. The van der Waals surface area contributed by atoms with Gasteiger partial charge in [0.2, 0.25) is 5.72 Å². The lowest BCUT2D eigenvalue weighted by Gasteiger charge is -2.47. The number of methoxy groups -OCH3 is 2. The summed E-state index contributed by atoms with van der Waals surface area (Å²) in [6.07, 6.45) is 0.892. The number of ether oxygens (including phenoxy) is 3. The van der Waals surface area contributed by atoms with Crippen LogP contribution in [0.5, 0.6) is 11.5 Å². The molecule has 196 valence electrons. The highest BCUT2D eigenvalue weighted by Gasteiger charge is 2.54. The molecule has 0 N–H and O–H groups in total. The highest BCUT2D eigenvalue weighted by Crippen LogP contribution is 2.56. The monoisotopic (exact) mass is 549 g/mol. The molecule has 2 saturated heterocycles. The number of carbonyl (C=O) groups is 2. The molecule has 0 spiro atoms. The Morgan fingerprint density at radius 2 is 1.53 bits per heavy atom. The predicted molar refractivity (Wildman–Crippen MR) is 146 cm³/mol. The Balaban J connectivity index is 1.40. The minimum atomic E-state index is -1.31. The standard InChI is InChI=1S/C29H27NO6S2/c1-33-24-16-20-12-13-30-28(23(20)17-25(24)34-2,35-26(31)27(32)36-30)18-19-8-10-22(11-9-19)29(37-14-15-38-29)21-6-4-3-5-7-21/h3-11,16-17H,12-15,18H2,1-2H3. The summed E-state index contributed by atoms with van der Waals surface area (Å²) in [4.78, 5) is 30.2. The number of rotatable bonds is 6. The second kappa shape index (κ2) is 9.87. The topological polar surface area (TPSA) is 74.3 Å².